The first-order valence-corrected chi connectivity index (χ1v) is 5.62. The first-order chi connectivity index (χ1) is 7.91. The number of nitrogens with zero attached hydrogens (tertiary/aromatic N) is 2. The first-order valence-electron chi connectivity index (χ1n) is 4.64. The number of aromatic nitrogens is 1. The zero-order valence-electron chi connectivity index (χ0n) is 8.99. The van der Waals surface area contributed by atoms with Crippen LogP contribution in [0, 0.1) is 17.0 Å². The number of carboxylic acids is 1. The quantitative estimate of drug-likeness (QED) is 0.454. The predicted octanol–water partition coefficient (Wildman–Crippen LogP) is 0.802. The Balaban J connectivity index is 2.85. The largest absolute Gasteiger partial charge is 0.480 e. The number of aliphatic carboxylic acids is 1. The van der Waals surface area contributed by atoms with Gasteiger partial charge in [-0.15, -0.1) is 11.8 Å². The zero-order valence-corrected chi connectivity index (χ0v) is 9.81. The molecule has 1 atom stereocenters. The lowest BCUT2D eigenvalue weighted by Crippen LogP contribution is -2.32. The molecule has 0 amide bonds. The molecule has 92 valence electrons. The van der Waals surface area contributed by atoms with Crippen LogP contribution < -0.4 is 5.73 Å². The highest BCUT2D eigenvalue weighted by Crippen LogP contribution is 2.29. The molecule has 0 saturated carbocycles. The van der Waals surface area contributed by atoms with Crippen molar-refractivity contribution in [2.24, 2.45) is 5.73 Å². The monoisotopic (exact) mass is 257 g/mol. The summed E-state index contributed by atoms with van der Waals surface area (Å²) in [5.74, 6) is -1.06. The summed E-state index contributed by atoms with van der Waals surface area (Å²) in [6.07, 6.45) is 1.16. The molecule has 0 radical (unpaired) electrons. The Morgan fingerprint density at radius 2 is 2.41 bits per heavy atom. The van der Waals surface area contributed by atoms with Crippen LogP contribution in [0.25, 0.3) is 0 Å². The average molecular weight is 257 g/mol. The summed E-state index contributed by atoms with van der Waals surface area (Å²) in [5, 5.41) is 19.3. The number of rotatable bonds is 5. The Morgan fingerprint density at radius 1 is 1.76 bits per heavy atom. The Labute approximate surface area is 101 Å². The summed E-state index contributed by atoms with van der Waals surface area (Å²) >= 11 is 1.04. The van der Waals surface area contributed by atoms with Crippen LogP contribution in [0.4, 0.5) is 5.69 Å². The van der Waals surface area contributed by atoms with Crippen LogP contribution in [0.15, 0.2) is 17.2 Å². The highest BCUT2D eigenvalue weighted by Gasteiger charge is 2.18. The van der Waals surface area contributed by atoms with E-state index in [0.717, 1.165) is 18.0 Å². The topological polar surface area (TPSA) is 119 Å². The van der Waals surface area contributed by atoms with E-state index < -0.39 is 16.9 Å². The van der Waals surface area contributed by atoms with Crippen LogP contribution in [-0.4, -0.2) is 32.8 Å². The van der Waals surface area contributed by atoms with E-state index in [0.29, 0.717) is 10.6 Å². The van der Waals surface area contributed by atoms with Crippen molar-refractivity contribution in [2.75, 3.05) is 5.75 Å². The molecule has 0 aliphatic heterocycles. The van der Waals surface area contributed by atoms with Crippen molar-refractivity contribution in [3.63, 3.8) is 0 Å². The van der Waals surface area contributed by atoms with E-state index in [1.807, 2.05) is 0 Å². The zero-order chi connectivity index (χ0) is 13.0. The molecule has 0 fully saturated rings. The van der Waals surface area contributed by atoms with E-state index >= 15 is 0 Å². The Kier molecular flexibility index (Phi) is 4.41. The van der Waals surface area contributed by atoms with Gasteiger partial charge in [0.2, 0.25) is 0 Å². The fourth-order valence-electron chi connectivity index (χ4n) is 1.03. The second-order valence-corrected chi connectivity index (χ2v) is 4.37. The molecule has 0 aliphatic rings. The lowest BCUT2D eigenvalue weighted by atomic mass is 10.3. The van der Waals surface area contributed by atoms with Gasteiger partial charge in [-0.3, -0.25) is 19.9 Å². The number of carboxylic acid groups (broad SMARTS) is 1. The summed E-state index contributed by atoms with van der Waals surface area (Å²) < 4.78 is 0. The van der Waals surface area contributed by atoms with Gasteiger partial charge in [0.25, 0.3) is 0 Å². The first kappa shape index (κ1) is 13.4. The standard InChI is InChI=1S/C9H11N3O4S/c1-5-2-8(7(3-11-5)12(15)16)17-4-6(10)9(13)14/h2-3,6H,4,10H2,1H3,(H,13,14)/t6-/m0/s1. The number of aryl methyl sites for hydroxylation is 1. The summed E-state index contributed by atoms with van der Waals surface area (Å²) in [5.41, 5.74) is 5.81. The van der Waals surface area contributed by atoms with Crippen molar-refractivity contribution in [3.8, 4) is 0 Å². The normalized spacial score (nSPS) is 12.1. The fraction of sp³-hybridized carbons (Fsp3) is 0.333. The molecule has 7 nitrogen and oxygen atoms in total. The molecule has 17 heavy (non-hydrogen) atoms. The molecular formula is C9H11N3O4S. The minimum Gasteiger partial charge on any atom is -0.480 e. The van der Waals surface area contributed by atoms with Crippen LogP contribution in [0.3, 0.4) is 0 Å². The van der Waals surface area contributed by atoms with Crippen LogP contribution in [0.1, 0.15) is 5.69 Å². The third-order valence-corrected chi connectivity index (χ3v) is 3.08. The third kappa shape index (κ3) is 3.68. The molecule has 0 aromatic carbocycles. The van der Waals surface area contributed by atoms with E-state index in [-0.39, 0.29) is 11.4 Å². The predicted molar refractivity (Wildman–Crippen MR) is 62.0 cm³/mol. The lowest BCUT2D eigenvalue weighted by Gasteiger charge is -2.06. The van der Waals surface area contributed by atoms with E-state index in [1.54, 1.807) is 6.92 Å². The van der Waals surface area contributed by atoms with E-state index in [1.165, 1.54) is 6.07 Å². The molecule has 1 aromatic heterocycles. The molecule has 0 bridgehead atoms. The van der Waals surface area contributed by atoms with Gasteiger partial charge < -0.3 is 10.8 Å². The summed E-state index contributed by atoms with van der Waals surface area (Å²) in [6.45, 7) is 1.70. The molecule has 0 saturated heterocycles. The number of nitrogens with two attached hydrogens (primary N) is 1. The maximum absolute atomic E-state index is 10.7. The van der Waals surface area contributed by atoms with Gasteiger partial charge >= 0.3 is 11.7 Å². The molecule has 3 N–H and O–H groups in total. The van der Waals surface area contributed by atoms with Crippen molar-refractivity contribution >= 4 is 23.4 Å². The SMILES string of the molecule is Cc1cc(SC[C@H](N)C(=O)O)c([N+](=O)[O-])cn1. The number of thioether (sulfide) groups is 1. The van der Waals surface area contributed by atoms with Gasteiger partial charge in [0.1, 0.15) is 12.2 Å². The smallest absolute Gasteiger partial charge is 0.321 e. The Bertz CT molecular complexity index is 452. The number of carbonyl (C=O) groups is 1. The van der Waals surface area contributed by atoms with Crippen molar-refractivity contribution in [1.82, 2.24) is 4.98 Å². The van der Waals surface area contributed by atoms with Crippen molar-refractivity contribution < 1.29 is 14.8 Å². The van der Waals surface area contributed by atoms with Gasteiger partial charge in [-0.25, -0.2) is 0 Å². The Hall–Kier alpha value is -1.67. The summed E-state index contributed by atoms with van der Waals surface area (Å²) in [4.78, 5) is 24.9. The lowest BCUT2D eigenvalue weighted by molar-refractivity contribution is -0.388. The maximum Gasteiger partial charge on any atom is 0.321 e. The van der Waals surface area contributed by atoms with Gasteiger partial charge in [-0.05, 0) is 13.0 Å². The van der Waals surface area contributed by atoms with Crippen LogP contribution in [0.5, 0.6) is 0 Å². The van der Waals surface area contributed by atoms with E-state index in [9.17, 15) is 14.9 Å². The highest BCUT2D eigenvalue weighted by molar-refractivity contribution is 7.99. The van der Waals surface area contributed by atoms with Crippen molar-refractivity contribution in [1.29, 1.82) is 0 Å². The van der Waals surface area contributed by atoms with Crippen LogP contribution in [0.2, 0.25) is 0 Å². The molecule has 0 aliphatic carbocycles. The highest BCUT2D eigenvalue weighted by atomic mass is 32.2. The van der Waals surface area contributed by atoms with Gasteiger partial charge in [-0.2, -0.15) is 0 Å². The van der Waals surface area contributed by atoms with Gasteiger partial charge in [0, 0.05) is 11.4 Å². The van der Waals surface area contributed by atoms with Crippen LogP contribution >= 0.6 is 11.8 Å². The second kappa shape index (κ2) is 5.60. The van der Waals surface area contributed by atoms with Crippen molar-refractivity contribution in [2.45, 2.75) is 17.9 Å². The number of nitro groups is 1. The molecule has 1 heterocycles. The second-order valence-electron chi connectivity index (χ2n) is 3.31. The van der Waals surface area contributed by atoms with Gasteiger partial charge in [0.05, 0.1) is 9.82 Å². The van der Waals surface area contributed by atoms with Crippen molar-refractivity contribution in [3.05, 3.63) is 28.1 Å². The molecule has 1 aromatic rings. The van der Waals surface area contributed by atoms with Gasteiger partial charge in [-0.1, -0.05) is 0 Å². The molecule has 0 spiro atoms. The van der Waals surface area contributed by atoms with E-state index in [2.05, 4.69) is 4.98 Å². The number of hydrogen-bond acceptors (Lipinski definition) is 6. The molecule has 0 unspecified atom stereocenters. The van der Waals surface area contributed by atoms with Gasteiger partial charge in [0.15, 0.2) is 0 Å². The molecular weight excluding hydrogens is 246 g/mol. The number of hydrogen-bond donors (Lipinski definition) is 2. The van der Waals surface area contributed by atoms with Crippen LogP contribution in [-0.2, 0) is 4.79 Å². The summed E-state index contributed by atoms with van der Waals surface area (Å²) in [6, 6.07) is 0.491. The molecule has 8 heteroatoms. The summed E-state index contributed by atoms with van der Waals surface area (Å²) in [7, 11) is 0. The number of pyridine rings is 1. The maximum atomic E-state index is 10.7. The fourth-order valence-corrected chi connectivity index (χ4v) is 2.06. The Morgan fingerprint density at radius 3 is 2.94 bits per heavy atom. The minimum absolute atomic E-state index is 0.0691. The average Bonchev–Trinajstić information content (AvgIpc) is 2.25. The minimum atomic E-state index is -1.13. The molecule has 1 rings (SSSR count). The van der Waals surface area contributed by atoms with E-state index in [4.69, 9.17) is 10.8 Å². The third-order valence-electron chi connectivity index (χ3n) is 1.92.